The van der Waals surface area contributed by atoms with Crippen LogP contribution in [0.2, 0.25) is 0 Å². The van der Waals surface area contributed by atoms with E-state index in [9.17, 15) is 13.6 Å². The predicted molar refractivity (Wildman–Crippen MR) is 61.7 cm³/mol. The third-order valence-corrected chi connectivity index (χ3v) is 2.28. The molecule has 1 aromatic rings. The third kappa shape index (κ3) is 4.67. The summed E-state index contributed by atoms with van der Waals surface area (Å²) in [6, 6.07) is 5.26. The SMILES string of the molecule is CC(CCO)NC(=O)c1ccc(OC(F)F)cc1. The van der Waals surface area contributed by atoms with Crippen molar-refractivity contribution in [1.82, 2.24) is 5.32 Å². The van der Waals surface area contributed by atoms with Crippen LogP contribution in [0.4, 0.5) is 8.78 Å². The first kappa shape index (κ1) is 14.4. The number of ether oxygens (including phenoxy) is 1. The summed E-state index contributed by atoms with van der Waals surface area (Å²) in [5, 5.41) is 11.4. The van der Waals surface area contributed by atoms with E-state index in [0.29, 0.717) is 12.0 Å². The van der Waals surface area contributed by atoms with E-state index in [0.717, 1.165) is 0 Å². The van der Waals surface area contributed by atoms with Gasteiger partial charge in [0, 0.05) is 18.2 Å². The quantitative estimate of drug-likeness (QED) is 0.818. The number of rotatable bonds is 6. The van der Waals surface area contributed by atoms with Crippen LogP contribution in [0, 0.1) is 0 Å². The normalized spacial score (nSPS) is 12.3. The average molecular weight is 259 g/mol. The van der Waals surface area contributed by atoms with Crippen LogP contribution in [-0.4, -0.2) is 30.3 Å². The highest BCUT2D eigenvalue weighted by molar-refractivity contribution is 5.94. The molecule has 6 heteroatoms. The monoisotopic (exact) mass is 259 g/mol. The molecule has 4 nitrogen and oxygen atoms in total. The summed E-state index contributed by atoms with van der Waals surface area (Å²) < 4.78 is 28.0. The maximum Gasteiger partial charge on any atom is 0.387 e. The summed E-state index contributed by atoms with van der Waals surface area (Å²) in [5.41, 5.74) is 0.349. The highest BCUT2D eigenvalue weighted by Gasteiger charge is 2.10. The van der Waals surface area contributed by atoms with Crippen molar-refractivity contribution in [3.8, 4) is 5.75 Å². The molecule has 0 saturated carbocycles. The van der Waals surface area contributed by atoms with Gasteiger partial charge in [-0.3, -0.25) is 4.79 Å². The Labute approximate surface area is 104 Å². The molecular weight excluding hydrogens is 244 g/mol. The van der Waals surface area contributed by atoms with Gasteiger partial charge in [0.15, 0.2) is 0 Å². The molecule has 0 aliphatic carbocycles. The first-order valence-electron chi connectivity index (χ1n) is 5.49. The van der Waals surface area contributed by atoms with Gasteiger partial charge in [-0.15, -0.1) is 0 Å². The summed E-state index contributed by atoms with van der Waals surface area (Å²) in [6.07, 6.45) is 0.457. The molecule has 0 aliphatic heterocycles. The van der Waals surface area contributed by atoms with Gasteiger partial charge in [0.1, 0.15) is 5.75 Å². The second-order valence-electron chi connectivity index (χ2n) is 3.79. The highest BCUT2D eigenvalue weighted by Crippen LogP contribution is 2.14. The Bertz CT molecular complexity index is 381. The molecular formula is C12H15F2NO3. The lowest BCUT2D eigenvalue weighted by Gasteiger charge is -2.12. The lowest BCUT2D eigenvalue weighted by Crippen LogP contribution is -2.33. The van der Waals surface area contributed by atoms with E-state index in [2.05, 4.69) is 10.1 Å². The Balaban J connectivity index is 2.59. The fourth-order valence-electron chi connectivity index (χ4n) is 1.36. The number of aliphatic hydroxyl groups excluding tert-OH is 1. The zero-order valence-corrected chi connectivity index (χ0v) is 9.90. The van der Waals surface area contributed by atoms with Gasteiger partial charge in [0.05, 0.1) is 0 Å². The van der Waals surface area contributed by atoms with Crippen LogP contribution >= 0.6 is 0 Å². The number of alkyl halides is 2. The Morgan fingerprint density at radius 3 is 2.50 bits per heavy atom. The molecule has 0 spiro atoms. The summed E-state index contributed by atoms with van der Waals surface area (Å²) in [6.45, 7) is -1.13. The zero-order chi connectivity index (χ0) is 13.5. The molecule has 0 aliphatic rings. The first-order chi connectivity index (χ1) is 8.52. The topological polar surface area (TPSA) is 58.6 Å². The number of hydrogen-bond donors (Lipinski definition) is 2. The minimum atomic E-state index is -2.88. The molecule has 0 radical (unpaired) electrons. The molecule has 1 unspecified atom stereocenters. The van der Waals surface area contributed by atoms with Crippen molar-refractivity contribution in [2.45, 2.75) is 26.0 Å². The zero-order valence-electron chi connectivity index (χ0n) is 9.90. The van der Waals surface area contributed by atoms with Gasteiger partial charge in [0.2, 0.25) is 0 Å². The van der Waals surface area contributed by atoms with Crippen LogP contribution in [-0.2, 0) is 0 Å². The van der Waals surface area contributed by atoms with E-state index in [1.165, 1.54) is 24.3 Å². The molecule has 0 fully saturated rings. The van der Waals surface area contributed by atoms with Gasteiger partial charge in [-0.2, -0.15) is 8.78 Å². The standard InChI is InChI=1S/C12H15F2NO3/c1-8(6-7-16)15-11(17)9-2-4-10(5-3-9)18-12(13)14/h2-5,8,12,16H,6-7H2,1H3,(H,15,17). The van der Waals surface area contributed by atoms with Crippen molar-refractivity contribution < 1.29 is 23.4 Å². The first-order valence-corrected chi connectivity index (χ1v) is 5.49. The number of halogens is 2. The molecule has 1 atom stereocenters. The fourth-order valence-corrected chi connectivity index (χ4v) is 1.36. The van der Waals surface area contributed by atoms with E-state index in [1.54, 1.807) is 6.92 Å². The van der Waals surface area contributed by atoms with Crippen molar-refractivity contribution in [2.75, 3.05) is 6.61 Å². The minimum absolute atomic E-state index is 0.00459. The summed E-state index contributed by atoms with van der Waals surface area (Å²) in [5.74, 6) is -0.315. The van der Waals surface area contributed by atoms with Crippen molar-refractivity contribution in [2.24, 2.45) is 0 Å². The van der Waals surface area contributed by atoms with Crippen LogP contribution in [0.15, 0.2) is 24.3 Å². The van der Waals surface area contributed by atoms with Gasteiger partial charge in [-0.05, 0) is 37.6 Å². The van der Waals surface area contributed by atoms with E-state index in [4.69, 9.17) is 5.11 Å². The maximum atomic E-state index is 11.9. The Kier molecular flexibility index (Phi) is 5.51. The van der Waals surface area contributed by atoms with Crippen LogP contribution in [0.3, 0.4) is 0 Å². The number of carbonyl (C=O) groups is 1. The Hall–Kier alpha value is -1.69. The summed E-state index contributed by atoms with van der Waals surface area (Å²) in [7, 11) is 0. The molecule has 1 rings (SSSR count). The molecule has 0 bridgehead atoms. The molecule has 18 heavy (non-hydrogen) atoms. The maximum absolute atomic E-state index is 11.9. The van der Waals surface area contributed by atoms with E-state index < -0.39 is 6.61 Å². The molecule has 1 aromatic carbocycles. The molecule has 0 saturated heterocycles. The number of nitrogens with one attached hydrogen (secondary N) is 1. The highest BCUT2D eigenvalue weighted by atomic mass is 19.3. The number of amides is 1. The van der Waals surface area contributed by atoms with Gasteiger partial charge in [-0.25, -0.2) is 0 Å². The third-order valence-electron chi connectivity index (χ3n) is 2.28. The van der Waals surface area contributed by atoms with E-state index in [1.807, 2.05) is 0 Å². The van der Waals surface area contributed by atoms with Gasteiger partial charge >= 0.3 is 6.61 Å². The van der Waals surface area contributed by atoms with Crippen molar-refractivity contribution in [3.63, 3.8) is 0 Å². The minimum Gasteiger partial charge on any atom is -0.435 e. The van der Waals surface area contributed by atoms with Crippen LogP contribution in [0.1, 0.15) is 23.7 Å². The summed E-state index contributed by atoms with van der Waals surface area (Å²) >= 11 is 0. The number of aliphatic hydroxyl groups is 1. The largest absolute Gasteiger partial charge is 0.435 e. The lowest BCUT2D eigenvalue weighted by atomic mass is 10.2. The lowest BCUT2D eigenvalue weighted by molar-refractivity contribution is -0.0498. The molecule has 1 amide bonds. The van der Waals surface area contributed by atoms with E-state index >= 15 is 0 Å². The van der Waals surface area contributed by atoms with Crippen molar-refractivity contribution in [3.05, 3.63) is 29.8 Å². The molecule has 2 N–H and O–H groups in total. The number of carbonyl (C=O) groups excluding carboxylic acids is 1. The number of hydrogen-bond acceptors (Lipinski definition) is 3. The smallest absolute Gasteiger partial charge is 0.387 e. The molecule has 0 heterocycles. The number of benzene rings is 1. The summed E-state index contributed by atoms with van der Waals surface area (Å²) in [4.78, 5) is 11.7. The Morgan fingerprint density at radius 2 is 2.00 bits per heavy atom. The van der Waals surface area contributed by atoms with Crippen molar-refractivity contribution >= 4 is 5.91 Å². The average Bonchev–Trinajstić information content (AvgIpc) is 2.29. The fraction of sp³-hybridized carbons (Fsp3) is 0.417. The van der Waals surface area contributed by atoms with Crippen LogP contribution in [0.25, 0.3) is 0 Å². The van der Waals surface area contributed by atoms with Gasteiger partial charge < -0.3 is 15.2 Å². The Morgan fingerprint density at radius 1 is 1.39 bits per heavy atom. The molecule has 0 aromatic heterocycles. The van der Waals surface area contributed by atoms with Crippen molar-refractivity contribution in [1.29, 1.82) is 0 Å². The van der Waals surface area contributed by atoms with E-state index in [-0.39, 0.29) is 24.3 Å². The van der Waals surface area contributed by atoms with Gasteiger partial charge in [0.25, 0.3) is 5.91 Å². The van der Waals surface area contributed by atoms with Crippen LogP contribution < -0.4 is 10.1 Å². The predicted octanol–water partition coefficient (Wildman–Crippen LogP) is 1.79. The van der Waals surface area contributed by atoms with Crippen LogP contribution in [0.5, 0.6) is 5.75 Å². The second kappa shape index (κ2) is 6.90. The van der Waals surface area contributed by atoms with Gasteiger partial charge in [-0.1, -0.05) is 0 Å². The molecule has 100 valence electrons. The second-order valence-corrected chi connectivity index (χ2v) is 3.79.